The molecule has 0 saturated heterocycles. The molecule has 0 aromatic heterocycles. The van der Waals surface area contributed by atoms with Crippen molar-refractivity contribution in [3.8, 4) is 11.5 Å². The highest BCUT2D eigenvalue weighted by molar-refractivity contribution is 6.34. The van der Waals surface area contributed by atoms with Gasteiger partial charge in [-0.25, -0.2) is 4.79 Å². The molecule has 0 saturated carbocycles. The van der Waals surface area contributed by atoms with Gasteiger partial charge in [0.05, 0.1) is 30.6 Å². The largest absolute Gasteiger partial charge is 0.497 e. The van der Waals surface area contributed by atoms with Crippen LogP contribution in [0.2, 0.25) is 5.02 Å². The van der Waals surface area contributed by atoms with E-state index in [0.717, 1.165) is 0 Å². The number of nitrogens with one attached hydrogen (secondary N) is 2. The molecule has 2 aromatic carbocycles. The lowest BCUT2D eigenvalue weighted by Gasteiger charge is -2.12. The first kappa shape index (κ1) is 15.0. The van der Waals surface area contributed by atoms with Crippen molar-refractivity contribution >= 4 is 29.0 Å². The number of halogens is 1. The number of hydrogen-bond donors (Lipinski definition) is 2. The maximum atomic E-state index is 12.0. The highest BCUT2D eigenvalue weighted by Crippen LogP contribution is 2.27. The summed E-state index contributed by atoms with van der Waals surface area (Å²) in [5, 5.41) is 5.76. The van der Waals surface area contributed by atoms with E-state index >= 15 is 0 Å². The van der Waals surface area contributed by atoms with Crippen LogP contribution >= 0.6 is 11.6 Å². The zero-order valence-corrected chi connectivity index (χ0v) is 12.4. The van der Waals surface area contributed by atoms with Crippen molar-refractivity contribution in [2.75, 3.05) is 24.9 Å². The van der Waals surface area contributed by atoms with Crippen molar-refractivity contribution in [2.45, 2.75) is 0 Å². The number of methoxy groups -OCH3 is 2. The Morgan fingerprint density at radius 3 is 2.38 bits per heavy atom. The van der Waals surface area contributed by atoms with Gasteiger partial charge >= 0.3 is 6.03 Å². The summed E-state index contributed by atoms with van der Waals surface area (Å²) in [5.41, 5.74) is 1.06. The number of anilines is 2. The standard InChI is InChI=1S/C15H15ClN2O3/c1-20-10-7-8-12(11(16)9-10)17-15(19)18-13-5-3-4-6-14(13)21-2/h3-9H,1-2H3,(H2,17,18,19). The van der Waals surface area contributed by atoms with Gasteiger partial charge in [0, 0.05) is 6.07 Å². The third-order valence-electron chi connectivity index (χ3n) is 2.78. The third-order valence-corrected chi connectivity index (χ3v) is 3.09. The van der Waals surface area contributed by atoms with E-state index in [0.29, 0.717) is 27.9 Å². The van der Waals surface area contributed by atoms with Crippen LogP contribution in [0, 0.1) is 0 Å². The second kappa shape index (κ2) is 6.85. The number of carbonyl (C=O) groups is 1. The van der Waals surface area contributed by atoms with Gasteiger partial charge in [-0.3, -0.25) is 0 Å². The van der Waals surface area contributed by atoms with E-state index in [1.807, 2.05) is 6.07 Å². The van der Waals surface area contributed by atoms with Gasteiger partial charge in [0.15, 0.2) is 0 Å². The summed E-state index contributed by atoms with van der Waals surface area (Å²) in [5.74, 6) is 1.20. The van der Waals surface area contributed by atoms with Crippen molar-refractivity contribution in [2.24, 2.45) is 0 Å². The molecule has 2 N–H and O–H groups in total. The van der Waals surface area contributed by atoms with Crippen LogP contribution in [0.1, 0.15) is 0 Å². The van der Waals surface area contributed by atoms with Gasteiger partial charge in [-0.05, 0) is 24.3 Å². The number of carbonyl (C=O) groups excluding carboxylic acids is 1. The number of hydrogen-bond acceptors (Lipinski definition) is 3. The van der Waals surface area contributed by atoms with E-state index in [4.69, 9.17) is 21.1 Å². The molecular formula is C15H15ClN2O3. The summed E-state index contributed by atoms with van der Waals surface area (Å²) in [6, 6.07) is 11.7. The first-order chi connectivity index (χ1) is 10.1. The Hall–Kier alpha value is -2.40. The minimum Gasteiger partial charge on any atom is -0.497 e. The van der Waals surface area contributed by atoms with E-state index in [1.54, 1.807) is 50.6 Å². The molecule has 2 amide bonds. The SMILES string of the molecule is COc1ccc(NC(=O)Nc2ccccc2OC)c(Cl)c1. The first-order valence-corrected chi connectivity index (χ1v) is 6.56. The zero-order chi connectivity index (χ0) is 15.2. The molecule has 110 valence electrons. The Bertz CT molecular complexity index is 647. The van der Waals surface area contributed by atoms with E-state index in [-0.39, 0.29) is 0 Å². The summed E-state index contributed by atoms with van der Waals surface area (Å²) >= 11 is 6.07. The molecule has 0 unspecified atom stereocenters. The van der Waals surface area contributed by atoms with Crippen LogP contribution in [0.25, 0.3) is 0 Å². The van der Waals surface area contributed by atoms with Gasteiger partial charge in [-0.1, -0.05) is 23.7 Å². The van der Waals surface area contributed by atoms with Crippen molar-refractivity contribution < 1.29 is 14.3 Å². The maximum Gasteiger partial charge on any atom is 0.323 e. The van der Waals surface area contributed by atoms with Crippen LogP contribution in [0.4, 0.5) is 16.2 Å². The van der Waals surface area contributed by atoms with Crippen LogP contribution in [0.3, 0.4) is 0 Å². The molecule has 0 aliphatic rings. The average molecular weight is 307 g/mol. The highest BCUT2D eigenvalue weighted by atomic mass is 35.5. The van der Waals surface area contributed by atoms with Crippen LogP contribution in [0.5, 0.6) is 11.5 Å². The third kappa shape index (κ3) is 3.79. The van der Waals surface area contributed by atoms with Gasteiger partial charge in [0.25, 0.3) is 0 Å². The van der Waals surface area contributed by atoms with Crippen molar-refractivity contribution in [1.29, 1.82) is 0 Å². The maximum absolute atomic E-state index is 12.0. The lowest BCUT2D eigenvalue weighted by atomic mass is 10.3. The molecule has 0 bridgehead atoms. The fourth-order valence-corrected chi connectivity index (χ4v) is 1.97. The zero-order valence-electron chi connectivity index (χ0n) is 11.6. The van der Waals surface area contributed by atoms with Gasteiger partial charge in [0.2, 0.25) is 0 Å². The number of ether oxygens (including phenoxy) is 2. The molecule has 0 atom stereocenters. The first-order valence-electron chi connectivity index (χ1n) is 6.18. The summed E-state index contributed by atoms with van der Waals surface area (Å²) in [6.45, 7) is 0. The minimum atomic E-state index is -0.411. The normalized spacial score (nSPS) is 9.86. The number of amides is 2. The number of para-hydroxylation sites is 2. The van der Waals surface area contributed by atoms with Gasteiger partial charge in [0.1, 0.15) is 11.5 Å². The molecule has 0 aliphatic carbocycles. The molecule has 2 rings (SSSR count). The Kier molecular flexibility index (Phi) is 4.90. The number of benzene rings is 2. The predicted octanol–water partition coefficient (Wildman–Crippen LogP) is 4.00. The molecule has 21 heavy (non-hydrogen) atoms. The van der Waals surface area contributed by atoms with Crippen LogP contribution < -0.4 is 20.1 Å². The molecule has 2 aromatic rings. The quantitative estimate of drug-likeness (QED) is 0.897. The Balaban J connectivity index is 2.08. The smallest absolute Gasteiger partial charge is 0.323 e. The van der Waals surface area contributed by atoms with Crippen LogP contribution in [0.15, 0.2) is 42.5 Å². The van der Waals surface area contributed by atoms with E-state index in [2.05, 4.69) is 10.6 Å². The summed E-state index contributed by atoms with van der Waals surface area (Å²) < 4.78 is 10.2. The topological polar surface area (TPSA) is 59.6 Å². The number of rotatable bonds is 4. The second-order valence-electron chi connectivity index (χ2n) is 4.13. The Labute approximate surface area is 127 Å². The molecule has 0 heterocycles. The summed E-state index contributed by atoms with van der Waals surface area (Å²) in [4.78, 5) is 12.0. The molecule has 0 radical (unpaired) electrons. The van der Waals surface area contributed by atoms with Gasteiger partial charge < -0.3 is 20.1 Å². The molecular weight excluding hydrogens is 292 g/mol. The van der Waals surface area contributed by atoms with Gasteiger partial charge in [-0.2, -0.15) is 0 Å². The van der Waals surface area contributed by atoms with Crippen molar-refractivity contribution in [1.82, 2.24) is 0 Å². The summed E-state index contributed by atoms with van der Waals surface area (Å²) in [6.07, 6.45) is 0. The lowest BCUT2D eigenvalue weighted by Crippen LogP contribution is -2.20. The Morgan fingerprint density at radius 1 is 1.00 bits per heavy atom. The molecule has 0 spiro atoms. The number of urea groups is 1. The highest BCUT2D eigenvalue weighted by Gasteiger charge is 2.09. The fourth-order valence-electron chi connectivity index (χ4n) is 1.75. The monoisotopic (exact) mass is 306 g/mol. The minimum absolute atomic E-state index is 0.393. The van der Waals surface area contributed by atoms with E-state index < -0.39 is 6.03 Å². The fraction of sp³-hybridized carbons (Fsp3) is 0.133. The predicted molar refractivity (Wildman–Crippen MR) is 83.6 cm³/mol. The molecule has 0 aliphatic heterocycles. The van der Waals surface area contributed by atoms with E-state index in [1.165, 1.54) is 0 Å². The second-order valence-corrected chi connectivity index (χ2v) is 4.53. The van der Waals surface area contributed by atoms with Crippen LogP contribution in [-0.4, -0.2) is 20.3 Å². The van der Waals surface area contributed by atoms with Crippen molar-refractivity contribution in [3.63, 3.8) is 0 Å². The molecule has 5 nitrogen and oxygen atoms in total. The van der Waals surface area contributed by atoms with Crippen LogP contribution in [-0.2, 0) is 0 Å². The Morgan fingerprint density at radius 2 is 1.71 bits per heavy atom. The molecule has 0 fully saturated rings. The average Bonchev–Trinajstić information content (AvgIpc) is 2.49. The van der Waals surface area contributed by atoms with Gasteiger partial charge in [-0.15, -0.1) is 0 Å². The van der Waals surface area contributed by atoms with Crippen molar-refractivity contribution in [3.05, 3.63) is 47.5 Å². The summed E-state index contributed by atoms with van der Waals surface area (Å²) in [7, 11) is 3.09. The van der Waals surface area contributed by atoms with E-state index in [9.17, 15) is 4.79 Å². The lowest BCUT2D eigenvalue weighted by molar-refractivity contribution is 0.262. The molecule has 6 heteroatoms.